The Kier molecular flexibility index (Phi) is 28.4. The highest BCUT2D eigenvalue weighted by Gasteiger charge is 2.11. The Bertz CT molecular complexity index is 1350. The number of benzene rings is 2. The number of phenolic OH excluding ortho intramolecular Hbond substituents is 1. The van der Waals surface area contributed by atoms with Gasteiger partial charge in [-0.3, -0.25) is 9.59 Å². The van der Waals surface area contributed by atoms with Crippen LogP contribution in [-0.4, -0.2) is 17.0 Å². The predicted molar refractivity (Wildman–Crippen MR) is 233 cm³/mol. The Morgan fingerprint density at radius 3 is 1.29 bits per heavy atom. The fraction of sp³-hybridized carbons (Fsp3) is 0.520. The molecule has 5 heteroatoms. The first-order chi connectivity index (χ1) is 27.0. The van der Waals surface area contributed by atoms with Crippen molar-refractivity contribution >= 4 is 24.1 Å². The van der Waals surface area contributed by atoms with Crippen LogP contribution in [0, 0.1) is 0 Å². The highest BCUT2D eigenvalue weighted by molar-refractivity contribution is 5.76. The van der Waals surface area contributed by atoms with Gasteiger partial charge in [0.1, 0.15) is 17.2 Å². The van der Waals surface area contributed by atoms with Crippen molar-refractivity contribution in [2.45, 2.75) is 168 Å². The van der Waals surface area contributed by atoms with Crippen molar-refractivity contribution in [1.82, 2.24) is 0 Å². The molecule has 2 aromatic carbocycles. The highest BCUT2D eigenvalue weighted by Crippen LogP contribution is 2.26. The maximum atomic E-state index is 12.8. The molecule has 0 saturated heterocycles. The average molecular weight is 753 g/mol. The second-order valence-electron chi connectivity index (χ2n) is 14.6. The lowest BCUT2D eigenvalue weighted by Gasteiger charge is -2.10. The average Bonchev–Trinajstić information content (AvgIpc) is 3.17. The first kappa shape index (κ1) is 47.0. The van der Waals surface area contributed by atoms with Crippen LogP contribution in [0.3, 0.4) is 0 Å². The van der Waals surface area contributed by atoms with E-state index >= 15 is 0 Å². The number of rotatable bonds is 32. The zero-order valence-electron chi connectivity index (χ0n) is 34.4. The summed E-state index contributed by atoms with van der Waals surface area (Å²) in [5.74, 6) is 0.356. The van der Waals surface area contributed by atoms with Gasteiger partial charge < -0.3 is 14.6 Å². The molecule has 0 unspecified atom stereocenters. The summed E-state index contributed by atoms with van der Waals surface area (Å²) in [4.78, 5) is 25.6. The molecule has 55 heavy (non-hydrogen) atoms. The van der Waals surface area contributed by atoms with Gasteiger partial charge >= 0.3 is 11.9 Å². The molecule has 5 nitrogen and oxygen atoms in total. The van der Waals surface area contributed by atoms with Gasteiger partial charge in [0.25, 0.3) is 0 Å². The van der Waals surface area contributed by atoms with Gasteiger partial charge in [-0.1, -0.05) is 151 Å². The molecule has 0 spiro atoms. The maximum Gasteiger partial charge on any atom is 0.311 e. The van der Waals surface area contributed by atoms with Crippen LogP contribution in [0.4, 0.5) is 0 Å². The van der Waals surface area contributed by atoms with Crippen molar-refractivity contribution in [2.24, 2.45) is 0 Å². The van der Waals surface area contributed by atoms with Crippen molar-refractivity contribution < 1.29 is 24.2 Å². The molecule has 0 aliphatic carbocycles. The van der Waals surface area contributed by atoms with Crippen molar-refractivity contribution in [3.8, 4) is 17.2 Å². The Labute approximate surface area is 334 Å². The number of unbranched alkanes of at least 4 members (excludes halogenated alkanes) is 16. The minimum absolute atomic E-state index is 0.202. The van der Waals surface area contributed by atoms with Gasteiger partial charge in [0.2, 0.25) is 0 Å². The van der Waals surface area contributed by atoms with E-state index in [1.807, 2.05) is 24.3 Å². The summed E-state index contributed by atoms with van der Waals surface area (Å²) in [5, 5.41) is 9.62. The molecule has 2 rings (SSSR count). The Balaban J connectivity index is 1.73. The second-order valence-corrected chi connectivity index (χ2v) is 14.6. The van der Waals surface area contributed by atoms with Gasteiger partial charge in [-0.15, -0.1) is 0 Å². The number of ether oxygens (including phenoxy) is 2. The van der Waals surface area contributed by atoms with E-state index in [9.17, 15) is 14.7 Å². The van der Waals surface area contributed by atoms with E-state index in [0.29, 0.717) is 24.3 Å². The normalized spacial score (nSPS) is 12.0. The first-order valence-corrected chi connectivity index (χ1v) is 21.6. The van der Waals surface area contributed by atoms with Crippen LogP contribution in [0.25, 0.3) is 12.2 Å². The molecule has 302 valence electrons. The van der Waals surface area contributed by atoms with Crippen LogP contribution in [0.2, 0.25) is 0 Å². The summed E-state index contributed by atoms with van der Waals surface area (Å²) in [6.07, 6.45) is 47.5. The highest BCUT2D eigenvalue weighted by atomic mass is 16.5. The molecule has 0 bridgehead atoms. The number of esters is 2. The molecule has 0 aromatic heterocycles. The van der Waals surface area contributed by atoms with E-state index in [4.69, 9.17) is 9.47 Å². The Morgan fingerprint density at radius 1 is 0.473 bits per heavy atom. The zero-order valence-corrected chi connectivity index (χ0v) is 34.4. The molecule has 0 atom stereocenters. The van der Waals surface area contributed by atoms with Crippen LogP contribution in [0.15, 0.2) is 91.1 Å². The number of carbonyl (C=O) groups excluding carboxylic acids is 2. The number of aromatic hydroxyl groups is 1. The van der Waals surface area contributed by atoms with E-state index in [1.54, 1.807) is 30.3 Å². The lowest BCUT2D eigenvalue weighted by atomic mass is 10.1. The summed E-state index contributed by atoms with van der Waals surface area (Å²) in [7, 11) is 0. The molecular formula is C50H72O5. The van der Waals surface area contributed by atoms with Gasteiger partial charge in [-0.25, -0.2) is 0 Å². The fourth-order valence-corrected chi connectivity index (χ4v) is 6.11. The number of carbonyl (C=O) groups is 2. The maximum absolute atomic E-state index is 12.8. The Morgan fingerprint density at radius 2 is 0.855 bits per heavy atom. The molecule has 0 radical (unpaired) electrons. The first-order valence-electron chi connectivity index (χ1n) is 21.6. The summed E-state index contributed by atoms with van der Waals surface area (Å²) >= 11 is 0. The molecule has 0 saturated carbocycles. The number of allylic oxidation sites excluding steroid dienone is 8. The molecule has 0 heterocycles. The summed E-state index contributed by atoms with van der Waals surface area (Å²) in [6, 6.07) is 12.1. The quantitative estimate of drug-likeness (QED) is 0.0265. The third-order valence-electron chi connectivity index (χ3n) is 9.39. The fourth-order valence-electron chi connectivity index (χ4n) is 6.11. The van der Waals surface area contributed by atoms with E-state index < -0.39 is 0 Å². The predicted octanol–water partition coefficient (Wildman–Crippen LogP) is 15.0. The second kappa shape index (κ2) is 33.2. The smallest absolute Gasteiger partial charge is 0.311 e. The van der Waals surface area contributed by atoms with Crippen LogP contribution in [0.1, 0.15) is 179 Å². The molecule has 0 amide bonds. The summed E-state index contributed by atoms with van der Waals surface area (Å²) in [5.41, 5.74) is 1.65. The van der Waals surface area contributed by atoms with Gasteiger partial charge in [-0.05, 0) is 112 Å². The largest absolute Gasteiger partial charge is 0.508 e. The monoisotopic (exact) mass is 753 g/mol. The van der Waals surface area contributed by atoms with Crippen LogP contribution >= 0.6 is 0 Å². The molecular weight excluding hydrogens is 681 g/mol. The van der Waals surface area contributed by atoms with E-state index in [-0.39, 0.29) is 17.7 Å². The van der Waals surface area contributed by atoms with Crippen LogP contribution in [0.5, 0.6) is 17.2 Å². The van der Waals surface area contributed by atoms with Crippen LogP contribution in [-0.2, 0) is 9.59 Å². The third-order valence-corrected chi connectivity index (χ3v) is 9.39. The van der Waals surface area contributed by atoms with Gasteiger partial charge in [0.15, 0.2) is 0 Å². The third kappa shape index (κ3) is 27.2. The molecule has 2 aromatic rings. The summed E-state index contributed by atoms with van der Waals surface area (Å²) < 4.78 is 11.5. The zero-order chi connectivity index (χ0) is 39.4. The van der Waals surface area contributed by atoms with Crippen LogP contribution < -0.4 is 9.47 Å². The standard InChI is InChI=1S/C50H72O5/c1-3-5-7-9-11-13-15-17-19-21-23-25-27-29-31-33-49(52)54-47-41-45(36-35-44-37-39-46(51)40-38-44)42-48(43-47)55-50(53)34-32-30-28-26-24-22-20-18-16-14-12-10-8-6-4-2/h11-14,17-20,35-43,51H,3-10,15-16,21-34H2,1-2H3/b13-11-,14-12-,19-17-,20-18-,36-35+. The number of hydrogen-bond acceptors (Lipinski definition) is 5. The SMILES string of the molecule is CCCCC/C=C\C/C=C\CCCCCCCC(=O)Oc1cc(/C=C/c2ccc(O)cc2)cc(OC(=O)CCCCCCC/C=C\C/C=C\CCCCC)c1. The van der Waals surface area contributed by atoms with Crippen molar-refractivity contribution in [1.29, 1.82) is 0 Å². The van der Waals surface area contributed by atoms with Gasteiger partial charge in [-0.2, -0.15) is 0 Å². The van der Waals surface area contributed by atoms with Crippen molar-refractivity contribution in [3.63, 3.8) is 0 Å². The van der Waals surface area contributed by atoms with E-state index in [2.05, 4.69) is 62.5 Å². The number of phenols is 1. The number of hydrogen-bond donors (Lipinski definition) is 1. The lowest BCUT2D eigenvalue weighted by molar-refractivity contribution is -0.135. The lowest BCUT2D eigenvalue weighted by Crippen LogP contribution is -2.10. The minimum atomic E-state index is -0.284. The molecule has 0 aliphatic heterocycles. The topological polar surface area (TPSA) is 72.8 Å². The van der Waals surface area contributed by atoms with Crippen molar-refractivity contribution in [3.05, 3.63) is 102 Å². The van der Waals surface area contributed by atoms with E-state index in [1.165, 1.54) is 64.2 Å². The van der Waals surface area contributed by atoms with Gasteiger partial charge in [0, 0.05) is 18.9 Å². The minimum Gasteiger partial charge on any atom is -0.508 e. The van der Waals surface area contributed by atoms with Gasteiger partial charge in [0.05, 0.1) is 0 Å². The summed E-state index contributed by atoms with van der Waals surface area (Å²) in [6.45, 7) is 4.47. The van der Waals surface area contributed by atoms with E-state index in [0.717, 1.165) is 88.2 Å². The Hall–Kier alpha value is -4.12. The molecule has 1 N–H and O–H groups in total. The van der Waals surface area contributed by atoms with Crippen molar-refractivity contribution in [2.75, 3.05) is 0 Å². The molecule has 0 fully saturated rings. The molecule has 0 aliphatic rings.